The smallest absolute Gasteiger partial charge is 0.162 e. The van der Waals surface area contributed by atoms with Crippen molar-refractivity contribution in [2.75, 3.05) is 27.2 Å². The minimum absolute atomic E-state index is 0.193. The standard InChI is InChI=1S/C14H21ClN2O2/c1-16-12-4-3-5-17(9-12)8-10-6-11(15)7-13(19-2)14(10)18/h6-7,12,16,18H,3-5,8-9H2,1-2H3. The van der Waals surface area contributed by atoms with Crippen LogP contribution >= 0.6 is 11.6 Å². The number of halogens is 1. The number of likely N-dealkylation sites (N-methyl/N-ethyl adjacent to an activating group) is 1. The highest BCUT2D eigenvalue weighted by atomic mass is 35.5. The highest BCUT2D eigenvalue weighted by Crippen LogP contribution is 2.34. The van der Waals surface area contributed by atoms with Gasteiger partial charge in [-0.1, -0.05) is 11.6 Å². The van der Waals surface area contributed by atoms with E-state index in [1.807, 2.05) is 13.1 Å². The third-order valence-electron chi connectivity index (χ3n) is 3.65. The van der Waals surface area contributed by atoms with Crippen molar-refractivity contribution in [1.29, 1.82) is 0 Å². The van der Waals surface area contributed by atoms with Crippen molar-refractivity contribution in [1.82, 2.24) is 10.2 Å². The van der Waals surface area contributed by atoms with Gasteiger partial charge in [0.25, 0.3) is 0 Å². The van der Waals surface area contributed by atoms with E-state index in [4.69, 9.17) is 16.3 Å². The van der Waals surface area contributed by atoms with Crippen molar-refractivity contribution in [3.8, 4) is 11.5 Å². The molecule has 0 radical (unpaired) electrons. The Morgan fingerprint density at radius 1 is 1.53 bits per heavy atom. The second kappa shape index (κ2) is 6.46. The van der Waals surface area contributed by atoms with Crippen LogP contribution in [0.1, 0.15) is 18.4 Å². The summed E-state index contributed by atoms with van der Waals surface area (Å²) in [6, 6.07) is 3.96. The van der Waals surface area contributed by atoms with Gasteiger partial charge in [0.2, 0.25) is 0 Å². The molecule has 0 aliphatic carbocycles. The van der Waals surface area contributed by atoms with E-state index in [2.05, 4.69) is 10.2 Å². The molecule has 0 aromatic heterocycles. The minimum Gasteiger partial charge on any atom is -0.504 e. The molecule has 1 atom stereocenters. The molecule has 2 N–H and O–H groups in total. The largest absolute Gasteiger partial charge is 0.504 e. The van der Waals surface area contributed by atoms with Gasteiger partial charge in [0.1, 0.15) is 0 Å². The van der Waals surface area contributed by atoms with E-state index in [1.165, 1.54) is 20.0 Å². The molecule has 1 heterocycles. The average molecular weight is 285 g/mol. The molecule has 0 spiro atoms. The van der Waals surface area contributed by atoms with Crippen molar-refractivity contribution in [2.24, 2.45) is 0 Å². The van der Waals surface area contributed by atoms with Crippen molar-refractivity contribution in [3.63, 3.8) is 0 Å². The summed E-state index contributed by atoms with van der Waals surface area (Å²) in [7, 11) is 3.53. The number of nitrogens with zero attached hydrogens (tertiary/aromatic N) is 1. The van der Waals surface area contributed by atoms with Gasteiger partial charge in [0.05, 0.1) is 7.11 Å². The van der Waals surface area contributed by atoms with E-state index >= 15 is 0 Å². The van der Waals surface area contributed by atoms with E-state index in [0.29, 0.717) is 23.4 Å². The predicted molar refractivity (Wildman–Crippen MR) is 77.0 cm³/mol. The molecule has 5 heteroatoms. The fraction of sp³-hybridized carbons (Fsp3) is 0.571. The van der Waals surface area contributed by atoms with E-state index in [-0.39, 0.29) is 5.75 Å². The van der Waals surface area contributed by atoms with Gasteiger partial charge in [-0.2, -0.15) is 0 Å². The zero-order valence-corrected chi connectivity index (χ0v) is 12.2. The molecule has 1 aliphatic heterocycles. The molecule has 0 saturated carbocycles. The first-order valence-corrected chi connectivity index (χ1v) is 6.97. The predicted octanol–water partition coefficient (Wildman–Crippen LogP) is 2.24. The highest BCUT2D eigenvalue weighted by Gasteiger charge is 2.20. The van der Waals surface area contributed by atoms with Crippen LogP contribution in [0.3, 0.4) is 0 Å². The van der Waals surface area contributed by atoms with Crippen LogP contribution in [0.4, 0.5) is 0 Å². The third kappa shape index (κ3) is 3.53. The lowest BCUT2D eigenvalue weighted by Crippen LogP contribution is -2.43. The molecule has 1 aliphatic rings. The Labute approximate surface area is 119 Å². The number of likely N-dealkylation sites (tertiary alicyclic amines) is 1. The first-order chi connectivity index (χ1) is 9.13. The normalized spacial score (nSPS) is 20.5. The molecule has 4 nitrogen and oxygen atoms in total. The van der Waals surface area contributed by atoms with Crippen LogP contribution < -0.4 is 10.1 Å². The Hall–Kier alpha value is -0.970. The summed E-state index contributed by atoms with van der Waals surface area (Å²) < 4.78 is 5.13. The molecule has 1 fully saturated rings. The average Bonchev–Trinajstić information content (AvgIpc) is 2.42. The number of phenolic OH excluding ortho intramolecular Hbond substituents is 1. The first-order valence-electron chi connectivity index (χ1n) is 6.59. The molecule has 1 aromatic carbocycles. The van der Waals surface area contributed by atoms with Crippen LogP contribution in [-0.2, 0) is 6.54 Å². The SMILES string of the molecule is CNC1CCCN(Cc2cc(Cl)cc(OC)c2O)C1. The van der Waals surface area contributed by atoms with Crippen LogP contribution in [0.25, 0.3) is 0 Å². The minimum atomic E-state index is 0.193. The number of aromatic hydroxyl groups is 1. The summed E-state index contributed by atoms with van der Waals surface area (Å²) in [5, 5.41) is 14.0. The Balaban J connectivity index is 2.12. The van der Waals surface area contributed by atoms with Crippen molar-refractivity contribution < 1.29 is 9.84 Å². The summed E-state index contributed by atoms with van der Waals surface area (Å²) in [6.45, 7) is 2.73. The lowest BCUT2D eigenvalue weighted by molar-refractivity contribution is 0.186. The molecule has 1 aromatic rings. The van der Waals surface area contributed by atoms with E-state index in [1.54, 1.807) is 6.07 Å². The lowest BCUT2D eigenvalue weighted by Gasteiger charge is -2.32. The van der Waals surface area contributed by atoms with Gasteiger partial charge in [-0.05, 0) is 32.5 Å². The number of rotatable bonds is 4. The number of phenols is 1. The summed E-state index contributed by atoms with van der Waals surface area (Å²) in [5.41, 5.74) is 0.820. The maximum Gasteiger partial charge on any atom is 0.162 e. The molecule has 1 unspecified atom stereocenters. The zero-order valence-electron chi connectivity index (χ0n) is 11.4. The number of benzene rings is 1. The second-order valence-corrected chi connectivity index (χ2v) is 5.42. The van der Waals surface area contributed by atoms with Gasteiger partial charge < -0.3 is 15.2 Å². The van der Waals surface area contributed by atoms with E-state index < -0.39 is 0 Å². The number of hydrogen-bond donors (Lipinski definition) is 2. The summed E-state index contributed by atoms with van der Waals surface area (Å²) in [5.74, 6) is 0.628. The Bertz CT molecular complexity index is 440. The Kier molecular flexibility index (Phi) is 4.91. The number of hydrogen-bond acceptors (Lipinski definition) is 4. The van der Waals surface area contributed by atoms with Crippen molar-refractivity contribution in [3.05, 3.63) is 22.7 Å². The monoisotopic (exact) mass is 284 g/mol. The fourth-order valence-corrected chi connectivity index (χ4v) is 2.81. The number of piperidine rings is 1. The van der Waals surface area contributed by atoms with Gasteiger partial charge in [0, 0.05) is 35.8 Å². The van der Waals surface area contributed by atoms with Crippen molar-refractivity contribution in [2.45, 2.75) is 25.4 Å². The number of nitrogens with one attached hydrogen (secondary N) is 1. The molecular formula is C14H21ClN2O2. The van der Waals surface area contributed by atoms with Gasteiger partial charge in [-0.3, -0.25) is 4.90 Å². The van der Waals surface area contributed by atoms with E-state index in [9.17, 15) is 5.11 Å². The van der Waals surface area contributed by atoms with Gasteiger partial charge >= 0.3 is 0 Å². The van der Waals surface area contributed by atoms with Crippen molar-refractivity contribution >= 4 is 11.6 Å². The molecule has 1 saturated heterocycles. The molecule has 0 amide bonds. The van der Waals surface area contributed by atoms with E-state index in [0.717, 1.165) is 18.7 Å². The lowest BCUT2D eigenvalue weighted by atomic mass is 10.0. The van der Waals surface area contributed by atoms with Gasteiger partial charge in [0.15, 0.2) is 11.5 Å². The summed E-state index contributed by atoms with van der Waals surface area (Å²) >= 11 is 6.05. The number of ether oxygens (including phenoxy) is 1. The summed E-state index contributed by atoms with van der Waals surface area (Å²) in [4.78, 5) is 2.33. The van der Waals surface area contributed by atoms with Crippen LogP contribution in [0.15, 0.2) is 12.1 Å². The summed E-state index contributed by atoms with van der Waals surface area (Å²) in [6.07, 6.45) is 2.38. The fourth-order valence-electron chi connectivity index (χ4n) is 2.58. The molecule has 19 heavy (non-hydrogen) atoms. The second-order valence-electron chi connectivity index (χ2n) is 4.98. The maximum atomic E-state index is 10.1. The van der Waals surface area contributed by atoms with Crippen LogP contribution in [-0.4, -0.2) is 43.3 Å². The van der Waals surface area contributed by atoms with Gasteiger partial charge in [-0.15, -0.1) is 0 Å². The quantitative estimate of drug-likeness (QED) is 0.890. The molecule has 106 valence electrons. The zero-order chi connectivity index (χ0) is 13.8. The third-order valence-corrected chi connectivity index (χ3v) is 3.86. The highest BCUT2D eigenvalue weighted by molar-refractivity contribution is 6.30. The molecule has 0 bridgehead atoms. The number of methoxy groups -OCH3 is 1. The van der Waals surface area contributed by atoms with Gasteiger partial charge in [-0.25, -0.2) is 0 Å². The first kappa shape index (κ1) is 14.4. The molecular weight excluding hydrogens is 264 g/mol. The van der Waals surface area contributed by atoms with Crippen LogP contribution in [0, 0.1) is 0 Å². The maximum absolute atomic E-state index is 10.1. The topological polar surface area (TPSA) is 44.7 Å². The van der Waals surface area contributed by atoms with Crippen LogP contribution in [0.5, 0.6) is 11.5 Å². The Morgan fingerprint density at radius 3 is 3.00 bits per heavy atom. The molecule has 2 rings (SSSR count). The van der Waals surface area contributed by atoms with Crippen LogP contribution in [0.2, 0.25) is 5.02 Å². The Morgan fingerprint density at radius 2 is 2.32 bits per heavy atom.